The molecule has 5 aromatic rings. The third-order valence-electron chi connectivity index (χ3n) is 8.02. The Bertz CT molecular complexity index is 1760. The molecule has 230 valence electrons. The predicted octanol–water partition coefficient (Wildman–Crippen LogP) is 2.90. The minimum Gasteiger partial charge on any atom is -0.387 e. The van der Waals surface area contributed by atoms with Crippen molar-refractivity contribution in [1.29, 1.82) is 0 Å². The van der Waals surface area contributed by atoms with Crippen LogP contribution in [0.3, 0.4) is 0 Å². The van der Waals surface area contributed by atoms with Crippen molar-refractivity contribution in [3.63, 3.8) is 0 Å². The van der Waals surface area contributed by atoms with Crippen molar-refractivity contribution in [3.05, 3.63) is 96.3 Å². The first-order valence-corrected chi connectivity index (χ1v) is 14.8. The lowest BCUT2D eigenvalue weighted by Gasteiger charge is -2.20. The highest BCUT2D eigenvalue weighted by Crippen LogP contribution is 2.36. The van der Waals surface area contributed by atoms with E-state index in [-0.39, 0.29) is 5.92 Å². The van der Waals surface area contributed by atoms with Gasteiger partial charge in [0.05, 0.1) is 18.3 Å². The van der Waals surface area contributed by atoms with Crippen molar-refractivity contribution >= 4 is 29.3 Å². The molecule has 0 bridgehead atoms. The number of benzene rings is 2. The number of hydrogen-bond acceptors (Lipinski definition) is 12. The number of ether oxygens (including phenoxy) is 1. The van der Waals surface area contributed by atoms with E-state index in [9.17, 15) is 10.2 Å². The summed E-state index contributed by atoms with van der Waals surface area (Å²) >= 11 is 0. The normalized spacial score (nSPS) is 22.5. The zero-order chi connectivity index (χ0) is 30.8. The van der Waals surface area contributed by atoms with Gasteiger partial charge in [0.2, 0.25) is 5.95 Å². The van der Waals surface area contributed by atoms with Crippen LogP contribution in [0.2, 0.25) is 0 Å². The average molecular weight is 608 g/mol. The summed E-state index contributed by atoms with van der Waals surface area (Å²) in [5, 5.41) is 36.4. The zero-order valence-corrected chi connectivity index (χ0v) is 24.5. The largest absolute Gasteiger partial charge is 0.387 e. The van der Waals surface area contributed by atoms with Gasteiger partial charge in [0, 0.05) is 38.7 Å². The summed E-state index contributed by atoms with van der Waals surface area (Å²) in [7, 11) is 1.93. The summed E-state index contributed by atoms with van der Waals surface area (Å²) in [5.74, 6) is 0.934. The number of anilines is 2. The molecule has 2 aromatic carbocycles. The molecule has 4 N–H and O–H groups in total. The van der Waals surface area contributed by atoms with E-state index < -0.39 is 30.7 Å². The highest BCUT2D eigenvalue weighted by atomic mass is 16.6. The van der Waals surface area contributed by atoms with Crippen molar-refractivity contribution in [1.82, 2.24) is 29.1 Å². The standard InChI is InChI=1S/C31H33N11O3/c1-41-15-21(35-17-41)12-13-32-31-38-27(33-14-22(19-8-4-2-5-9-19)20-10-6-3-7-11-20)23-29(39-31)42(18-36-23)30-25(44)24(43)26(45-30)28-34-16-37-40-28/h2-11,15-18,22,24-26,28,30,43-44H,12-14H2,1H3,(H2,32,33,38,39)/t24-,25+,26-,28?,30+/m0/s1. The fourth-order valence-corrected chi connectivity index (χ4v) is 5.74. The minimum atomic E-state index is -1.27. The first-order valence-electron chi connectivity index (χ1n) is 14.8. The molecule has 1 unspecified atom stereocenters. The van der Waals surface area contributed by atoms with Gasteiger partial charge in [-0.05, 0) is 11.1 Å². The van der Waals surface area contributed by atoms with Crippen LogP contribution < -0.4 is 10.6 Å². The van der Waals surface area contributed by atoms with Crippen LogP contribution in [0, 0.1) is 0 Å². The van der Waals surface area contributed by atoms with Crippen LogP contribution in [-0.4, -0.2) is 83.2 Å². The van der Waals surface area contributed by atoms with Crippen LogP contribution >= 0.6 is 0 Å². The molecule has 0 radical (unpaired) electrons. The Kier molecular flexibility index (Phi) is 7.98. The van der Waals surface area contributed by atoms with Gasteiger partial charge in [0.15, 0.2) is 29.4 Å². The van der Waals surface area contributed by atoms with Gasteiger partial charge in [0.25, 0.3) is 0 Å². The summed E-state index contributed by atoms with van der Waals surface area (Å²) in [6.45, 7) is 1.08. The number of rotatable bonds is 11. The van der Waals surface area contributed by atoms with Gasteiger partial charge in [-0.2, -0.15) is 15.1 Å². The quantitative estimate of drug-likeness (QED) is 0.176. The maximum absolute atomic E-state index is 11.0. The summed E-state index contributed by atoms with van der Waals surface area (Å²) in [6, 6.07) is 20.6. The SMILES string of the molecule is Cn1cnc(CCNc2nc(NCC(c3ccccc3)c3ccccc3)c3ncn([C@@H]4O[C@H](C5N=CN=N5)[C@@H](O)[C@H]4O)c3n2)c1. The van der Waals surface area contributed by atoms with Crippen LogP contribution in [-0.2, 0) is 18.2 Å². The van der Waals surface area contributed by atoms with Crippen molar-refractivity contribution in [2.24, 2.45) is 22.3 Å². The minimum absolute atomic E-state index is 0.0390. The molecule has 1 fully saturated rings. The van der Waals surface area contributed by atoms with Gasteiger partial charge in [0.1, 0.15) is 24.7 Å². The molecule has 5 atom stereocenters. The molecule has 14 nitrogen and oxygen atoms in total. The molecule has 2 aliphatic heterocycles. The molecule has 0 spiro atoms. The number of aromatic nitrogens is 6. The second-order valence-corrected chi connectivity index (χ2v) is 11.1. The Morgan fingerprint density at radius 1 is 0.911 bits per heavy atom. The third-order valence-corrected chi connectivity index (χ3v) is 8.02. The lowest BCUT2D eigenvalue weighted by molar-refractivity contribution is -0.0409. The molecule has 14 heteroatoms. The fraction of sp³-hybridized carbons (Fsp3) is 0.323. The second-order valence-electron chi connectivity index (χ2n) is 11.1. The molecule has 2 aliphatic rings. The number of nitrogens with zero attached hydrogens (tertiary/aromatic N) is 9. The van der Waals surface area contributed by atoms with Crippen molar-refractivity contribution < 1.29 is 14.9 Å². The van der Waals surface area contributed by atoms with Crippen molar-refractivity contribution in [2.75, 3.05) is 23.7 Å². The number of azo groups is 1. The highest BCUT2D eigenvalue weighted by Gasteiger charge is 2.48. The van der Waals surface area contributed by atoms with Gasteiger partial charge >= 0.3 is 0 Å². The molecule has 0 saturated carbocycles. The average Bonchev–Trinajstić information content (AvgIpc) is 3.88. The number of aliphatic hydroxyl groups excluding tert-OH is 2. The van der Waals surface area contributed by atoms with E-state index in [1.807, 2.05) is 54.2 Å². The first kappa shape index (κ1) is 28.7. The third kappa shape index (κ3) is 5.90. The molecular formula is C31H33N11O3. The molecular weight excluding hydrogens is 574 g/mol. The Morgan fingerprint density at radius 2 is 1.67 bits per heavy atom. The van der Waals surface area contributed by atoms with Gasteiger partial charge in [-0.15, -0.1) is 5.11 Å². The Hall–Kier alpha value is -5.05. The molecule has 0 aliphatic carbocycles. The van der Waals surface area contributed by atoms with Gasteiger partial charge in [-0.1, -0.05) is 60.7 Å². The van der Waals surface area contributed by atoms with Crippen LogP contribution in [0.4, 0.5) is 11.8 Å². The predicted molar refractivity (Wildman–Crippen MR) is 167 cm³/mol. The Balaban J connectivity index is 1.21. The van der Waals surface area contributed by atoms with E-state index in [1.54, 1.807) is 10.9 Å². The highest BCUT2D eigenvalue weighted by molar-refractivity contribution is 5.84. The van der Waals surface area contributed by atoms with E-state index in [4.69, 9.17) is 14.7 Å². The summed E-state index contributed by atoms with van der Waals surface area (Å²) in [4.78, 5) is 22.7. The zero-order valence-electron chi connectivity index (χ0n) is 24.5. The molecule has 1 saturated heterocycles. The summed E-state index contributed by atoms with van der Waals surface area (Å²) in [5.41, 5.74) is 4.19. The molecule has 7 rings (SSSR count). The van der Waals surface area contributed by atoms with Crippen molar-refractivity contribution in [2.45, 2.75) is 43.0 Å². The topological polar surface area (TPSA) is 172 Å². The van der Waals surface area contributed by atoms with Crippen molar-refractivity contribution in [3.8, 4) is 0 Å². The Labute approximate surface area is 258 Å². The molecule has 3 aromatic heterocycles. The molecule has 5 heterocycles. The maximum atomic E-state index is 11.0. The first-order chi connectivity index (χ1) is 22.0. The lowest BCUT2D eigenvalue weighted by Crippen LogP contribution is -2.36. The smallest absolute Gasteiger partial charge is 0.226 e. The van der Waals surface area contributed by atoms with Crippen LogP contribution in [0.25, 0.3) is 11.2 Å². The molecule has 45 heavy (non-hydrogen) atoms. The van der Waals surface area contributed by atoms with Crippen LogP contribution in [0.5, 0.6) is 0 Å². The van der Waals surface area contributed by atoms with Gasteiger partial charge < -0.3 is 30.2 Å². The number of aliphatic hydroxyl groups is 2. The fourth-order valence-electron chi connectivity index (χ4n) is 5.74. The van der Waals surface area contributed by atoms with Gasteiger partial charge in [-0.25, -0.2) is 15.0 Å². The van der Waals surface area contributed by atoms with Crippen LogP contribution in [0.15, 0.2) is 94.7 Å². The Morgan fingerprint density at radius 3 is 2.33 bits per heavy atom. The molecule has 0 amide bonds. The monoisotopic (exact) mass is 607 g/mol. The number of fused-ring (bicyclic) bond motifs is 1. The number of imidazole rings is 2. The van der Waals surface area contributed by atoms with E-state index in [2.05, 4.69) is 60.1 Å². The second kappa shape index (κ2) is 12.5. The van der Waals surface area contributed by atoms with E-state index in [0.29, 0.717) is 42.4 Å². The lowest BCUT2D eigenvalue weighted by atomic mass is 9.91. The van der Waals surface area contributed by atoms with E-state index in [0.717, 1.165) is 16.8 Å². The number of hydrogen-bond donors (Lipinski definition) is 4. The van der Waals surface area contributed by atoms with Crippen LogP contribution in [0.1, 0.15) is 29.0 Å². The number of aryl methyl sites for hydroxylation is 1. The summed E-state index contributed by atoms with van der Waals surface area (Å²) in [6.07, 6.45) is 2.14. The number of aliphatic imine (C=N–C) groups is 1. The van der Waals surface area contributed by atoms with E-state index >= 15 is 0 Å². The van der Waals surface area contributed by atoms with E-state index in [1.165, 1.54) is 12.7 Å². The number of nitrogens with one attached hydrogen (secondary N) is 2. The maximum Gasteiger partial charge on any atom is 0.226 e. The summed E-state index contributed by atoms with van der Waals surface area (Å²) < 4.78 is 9.62. The van der Waals surface area contributed by atoms with Gasteiger partial charge in [-0.3, -0.25) is 4.57 Å².